The van der Waals surface area contributed by atoms with Crippen LogP contribution in [0.2, 0.25) is 5.02 Å². The lowest BCUT2D eigenvalue weighted by Gasteiger charge is -2.17. The summed E-state index contributed by atoms with van der Waals surface area (Å²) in [6.45, 7) is 1.97. The molecule has 1 atom stereocenters. The summed E-state index contributed by atoms with van der Waals surface area (Å²) in [5.74, 6) is -0.410. The van der Waals surface area contributed by atoms with Gasteiger partial charge in [0, 0.05) is 42.8 Å². The van der Waals surface area contributed by atoms with Crippen LogP contribution >= 0.6 is 11.6 Å². The smallest absolute Gasteiger partial charge is 0.240 e. The van der Waals surface area contributed by atoms with E-state index in [0.29, 0.717) is 17.3 Å². The number of carbonyl (C=O) groups excluding carboxylic acids is 2. The van der Waals surface area contributed by atoms with E-state index < -0.39 is 10.0 Å². The lowest BCUT2D eigenvalue weighted by atomic mass is 10.1. The zero-order chi connectivity index (χ0) is 20.3. The predicted molar refractivity (Wildman–Crippen MR) is 108 cm³/mol. The molecule has 2 aromatic carbocycles. The van der Waals surface area contributed by atoms with E-state index in [2.05, 4.69) is 10.0 Å². The molecule has 1 fully saturated rings. The summed E-state index contributed by atoms with van der Waals surface area (Å²) >= 11 is 5.88. The second kappa shape index (κ2) is 8.30. The molecule has 148 valence electrons. The standard InChI is InChI=1S/C19H20ClN3O4S/c1-13(24)22-16-4-8-18(9-5-16)28(26,27)21-11-14-10-19(25)23(12-14)17-6-2-15(20)3-7-17/h2-9,14,21H,10-12H2,1H3,(H,22,24)/t14-/m0/s1. The molecule has 2 aromatic rings. The number of nitrogens with zero attached hydrogens (tertiary/aromatic N) is 1. The molecule has 3 rings (SSSR count). The second-order valence-corrected chi connectivity index (χ2v) is 8.81. The fourth-order valence-electron chi connectivity index (χ4n) is 3.02. The summed E-state index contributed by atoms with van der Waals surface area (Å²) < 4.78 is 27.5. The predicted octanol–water partition coefficient (Wildman–Crippen LogP) is 2.63. The zero-order valence-electron chi connectivity index (χ0n) is 15.2. The van der Waals surface area contributed by atoms with Gasteiger partial charge in [-0.25, -0.2) is 13.1 Å². The molecule has 2 amide bonds. The third kappa shape index (κ3) is 4.89. The van der Waals surface area contributed by atoms with Crippen LogP contribution in [0.5, 0.6) is 0 Å². The first-order valence-electron chi connectivity index (χ1n) is 8.68. The van der Waals surface area contributed by atoms with Gasteiger partial charge in [0.05, 0.1) is 4.90 Å². The SMILES string of the molecule is CC(=O)Nc1ccc(S(=O)(=O)NC[C@@H]2CC(=O)N(c3ccc(Cl)cc3)C2)cc1. The van der Waals surface area contributed by atoms with Gasteiger partial charge < -0.3 is 10.2 Å². The van der Waals surface area contributed by atoms with Crippen molar-refractivity contribution < 1.29 is 18.0 Å². The number of benzene rings is 2. The molecule has 1 saturated heterocycles. The Hall–Kier alpha value is -2.42. The summed E-state index contributed by atoms with van der Waals surface area (Å²) in [7, 11) is -3.71. The van der Waals surface area contributed by atoms with E-state index in [4.69, 9.17) is 11.6 Å². The summed E-state index contributed by atoms with van der Waals surface area (Å²) in [5.41, 5.74) is 1.26. The van der Waals surface area contributed by atoms with E-state index >= 15 is 0 Å². The van der Waals surface area contributed by atoms with Gasteiger partial charge >= 0.3 is 0 Å². The number of nitrogens with one attached hydrogen (secondary N) is 2. The third-order valence-electron chi connectivity index (χ3n) is 4.39. The topological polar surface area (TPSA) is 95.6 Å². The average molecular weight is 422 g/mol. The van der Waals surface area contributed by atoms with Crippen LogP contribution in [-0.4, -0.2) is 33.3 Å². The van der Waals surface area contributed by atoms with Gasteiger partial charge in [-0.05, 0) is 54.4 Å². The summed E-state index contributed by atoms with van der Waals surface area (Å²) in [5, 5.41) is 3.17. The van der Waals surface area contributed by atoms with Crippen molar-refractivity contribution in [3.63, 3.8) is 0 Å². The summed E-state index contributed by atoms with van der Waals surface area (Å²) in [4.78, 5) is 25.0. The Labute approximate surface area is 168 Å². The Morgan fingerprint density at radius 2 is 1.79 bits per heavy atom. The molecule has 0 spiro atoms. The van der Waals surface area contributed by atoms with Crippen LogP contribution in [-0.2, 0) is 19.6 Å². The minimum absolute atomic E-state index is 0.0498. The Kier molecular flexibility index (Phi) is 6.02. The quantitative estimate of drug-likeness (QED) is 0.749. The second-order valence-electron chi connectivity index (χ2n) is 6.61. The fraction of sp³-hybridized carbons (Fsp3) is 0.263. The number of carbonyl (C=O) groups is 2. The van der Waals surface area contributed by atoms with E-state index in [1.165, 1.54) is 31.2 Å². The van der Waals surface area contributed by atoms with Gasteiger partial charge in [0.2, 0.25) is 21.8 Å². The van der Waals surface area contributed by atoms with Gasteiger partial charge in [-0.2, -0.15) is 0 Å². The number of sulfonamides is 1. The molecule has 0 bridgehead atoms. The molecule has 1 heterocycles. The van der Waals surface area contributed by atoms with E-state index in [0.717, 1.165) is 5.69 Å². The molecular weight excluding hydrogens is 402 g/mol. The number of rotatable bonds is 6. The van der Waals surface area contributed by atoms with Crippen LogP contribution in [0.4, 0.5) is 11.4 Å². The Morgan fingerprint density at radius 1 is 1.14 bits per heavy atom. The van der Waals surface area contributed by atoms with Gasteiger partial charge in [0.25, 0.3) is 0 Å². The number of anilines is 2. The van der Waals surface area contributed by atoms with Crippen molar-refractivity contribution >= 4 is 44.8 Å². The largest absolute Gasteiger partial charge is 0.326 e. The molecule has 28 heavy (non-hydrogen) atoms. The van der Waals surface area contributed by atoms with Crippen LogP contribution in [0, 0.1) is 5.92 Å². The molecule has 0 aliphatic carbocycles. The van der Waals surface area contributed by atoms with Crippen molar-refractivity contribution in [3.05, 3.63) is 53.6 Å². The fourth-order valence-corrected chi connectivity index (χ4v) is 4.26. The van der Waals surface area contributed by atoms with Crippen molar-refractivity contribution in [1.82, 2.24) is 4.72 Å². The highest BCUT2D eigenvalue weighted by Gasteiger charge is 2.31. The Balaban J connectivity index is 1.61. The van der Waals surface area contributed by atoms with Crippen LogP contribution in [0.15, 0.2) is 53.4 Å². The molecule has 7 nitrogen and oxygen atoms in total. The summed E-state index contributed by atoms with van der Waals surface area (Å²) in [6.07, 6.45) is 0.270. The van der Waals surface area contributed by atoms with E-state index in [9.17, 15) is 18.0 Å². The normalized spacial score (nSPS) is 17.0. The van der Waals surface area contributed by atoms with Gasteiger partial charge in [-0.3, -0.25) is 9.59 Å². The minimum atomic E-state index is -3.71. The third-order valence-corrected chi connectivity index (χ3v) is 6.08. The first-order valence-corrected chi connectivity index (χ1v) is 10.5. The molecule has 1 aliphatic heterocycles. The highest BCUT2D eigenvalue weighted by molar-refractivity contribution is 7.89. The van der Waals surface area contributed by atoms with Crippen LogP contribution < -0.4 is 14.9 Å². The van der Waals surface area contributed by atoms with Gasteiger partial charge in [0.1, 0.15) is 0 Å². The zero-order valence-corrected chi connectivity index (χ0v) is 16.8. The maximum Gasteiger partial charge on any atom is 0.240 e. The Bertz CT molecular complexity index is 975. The van der Waals surface area contributed by atoms with Gasteiger partial charge in [-0.15, -0.1) is 0 Å². The molecule has 0 aromatic heterocycles. The van der Waals surface area contributed by atoms with Crippen LogP contribution in [0.1, 0.15) is 13.3 Å². The van der Waals surface area contributed by atoms with Crippen molar-refractivity contribution in [2.45, 2.75) is 18.2 Å². The van der Waals surface area contributed by atoms with Crippen LogP contribution in [0.3, 0.4) is 0 Å². The molecule has 1 aliphatic rings. The van der Waals surface area contributed by atoms with Gasteiger partial charge in [-0.1, -0.05) is 11.6 Å². The monoisotopic (exact) mass is 421 g/mol. The van der Waals surface area contributed by atoms with Gasteiger partial charge in [0.15, 0.2) is 0 Å². The lowest BCUT2D eigenvalue weighted by Crippen LogP contribution is -2.31. The molecule has 9 heteroatoms. The first-order chi connectivity index (χ1) is 13.2. The van der Waals surface area contributed by atoms with Crippen molar-refractivity contribution in [2.24, 2.45) is 5.92 Å². The van der Waals surface area contributed by atoms with Crippen molar-refractivity contribution in [2.75, 3.05) is 23.3 Å². The minimum Gasteiger partial charge on any atom is -0.326 e. The first kappa shape index (κ1) is 20.3. The highest BCUT2D eigenvalue weighted by atomic mass is 35.5. The Morgan fingerprint density at radius 3 is 2.39 bits per heavy atom. The van der Waals surface area contributed by atoms with Crippen molar-refractivity contribution in [3.8, 4) is 0 Å². The van der Waals surface area contributed by atoms with Crippen molar-refractivity contribution in [1.29, 1.82) is 0 Å². The van der Waals surface area contributed by atoms with E-state index in [1.54, 1.807) is 29.2 Å². The lowest BCUT2D eigenvalue weighted by molar-refractivity contribution is -0.117. The molecule has 0 unspecified atom stereocenters. The average Bonchev–Trinajstić information content (AvgIpc) is 3.01. The van der Waals surface area contributed by atoms with E-state index in [-0.39, 0.29) is 35.6 Å². The maximum absolute atomic E-state index is 12.5. The molecule has 0 saturated carbocycles. The number of hydrogen-bond donors (Lipinski definition) is 2. The molecular formula is C19H20ClN3O4S. The highest BCUT2D eigenvalue weighted by Crippen LogP contribution is 2.26. The van der Waals surface area contributed by atoms with Crippen LogP contribution in [0.25, 0.3) is 0 Å². The van der Waals surface area contributed by atoms with E-state index in [1.807, 2.05) is 0 Å². The maximum atomic E-state index is 12.5. The number of amides is 2. The number of halogens is 1. The summed E-state index contributed by atoms with van der Waals surface area (Å²) in [6, 6.07) is 12.9. The number of hydrogen-bond acceptors (Lipinski definition) is 4. The molecule has 0 radical (unpaired) electrons. The molecule has 2 N–H and O–H groups in total.